The molecule has 1 unspecified atom stereocenters. The molecule has 3 aromatic rings. The molecule has 0 saturated heterocycles. The Morgan fingerprint density at radius 2 is 1.91 bits per heavy atom. The van der Waals surface area contributed by atoms with Crippen LogP contribution in [0.5, 0.6) is 0 Å². The molecule has 0 radical (unpaired) electrons. The Labute approximate surface area is 141 Å². The van der Waals surface area contributed by atoms with E-state index in [1.165, 1.54) is 17.1 Å². The number of hydrogen-bond donors (Lipinski definition) is 1. The number of rotatable bonds is 5. The average Bonchev–Trinajstić information content (AvgIpc) is 3.08. The highest BCUT2D eigenvalue weighted by Gasteiger charge is 2.07. The van der Waals surface area contributed by atoms with Crippen LogP contribution in [0.4, 0.5) is 0 Å². The minimum atomic E-state index is 0. The van der Waals surface area contributed by atoms with E-state index in [9.17, 15) is 0 Å². The van der Waals surface area contributed by atoms with Crippen LogP contribution in [0.2, 0.25) is 0 Å². The van der Waals surface area contributed by atoms with E-state index in [1.807, 2.05) is 4.57 Å². The fourth-order valence-electron chi connectivity index (χ4n) is 2.44. The minimum absolute atomic E-state index is 0. The summed E-state index contributed by atoms with van der Waals surface area (Å²) < 4.78 is 4.15. The minimum Gasteiger partial charge on any atom is -0.347 e. The van der Waals surface area contributed by atoms with Gasteiger partial charge in [-0.25, -0.2) is 0 Å². The average molecular weight is 340 g/mol. The van der Waals surface area contributed by atoms with Gasteiger partial charge in [0, 0.05) is 12.7 Å². The van der Waals surface area contributed by atoms with Crippen LogP contribution >= 0.6 is 24.8 Å². The molecular formula is C15H19Cl2N5. The molecule has 22 heavy (non-hydrogen) atoms. The monoisotopic (exact) mass is 339 g/mol. The molecule has 0 aliphatic carbocycles. The lowest BCUT2D eigenvalue weighted by Crippen LogP contribution is -2.07. The van der Waals surface area contributed by atoms with E-state index in [2.05, 4.69) is 52.2 Å². The van der Waals surface area contributed by atoms with Gasteiger partial charge in [0.2, 0.25) is 0 Å². The molecule has 2 aromatic heterocycles. The predicted octanol–water partition coefficient (Wildman–Crippen LogP) is 3.74. The van der Waals surface area contributed by atoms with Crippen molar-refractivity contribution in [2.45, 2.75) is 19.9 Å². The Kier molecular flexibility index (Phi) is 6.59. The Morgan fingerprint density at radius 1 is 1.18 bits per heavy atom. The fourth-order valence-corrected chi connectivity index (χ4v) is 2.44. The van der Waals surface area contributed by atoms with Gasteiger partial charge >= 0.3 is 0 Å². The molecule has 0 spiro atoms. The number of nitrogens with zero attached hydrogens (tertiary/aromatic N) is 4. The van der Waals surface area contributed by atoms with Crippen LogP contribution in [0.3, 0.4) is 0 Å². The maximum Gasteiger partial charge on any atom is 0.123 e. The van der Waals surface area contributed by atoms with Crippen LogP contribution in [-0.2, 0) is 6.54 Å². The molecule has 0 aliphatic heterocycles. The zero-order chi connectivity index (χ0) is 13.9. The molecule has 5 nitrogen and oxygen atoms in total. The summed E-state index contributed by atoms with van der Waals surface area (Å²) in [6.45, 7) is 3.09. The summed E-state index contributed by atoms with van der Waals surface area (Å²) in [5, 5.41) is 16.1. The van der Waals surface area contributed by atoms with Crippen molar-refractivity contribution in [3.8, 4) is 5.69 Å². The summed E-state index contributed by atoms with van der Waals surface area (Å²) in [7, 11) is 0. The quantitative estimate of drug-likeness (QED) is 0.719. The Hall–Kier alpha value is -1.85. The highest BCUT2D eigenvalue weighted by atomic mass is 35.5. The SMILES string of the molecule is CC(CC=N)Cn1ccc2ccc(-n3cnnc3)cc21.Cl.Cl. The third kappa shape index (κ3) is 3.67. The normalized spacial score (nSPS) is 11.5. The van der Waals surface area contributed by atoms with Gasteiger partial charge in [0.25, 0.3) is 0 Å². The van der Waals surface area contributed by atoms with E-state index in [0.717, 1.165) is 18.7 Å². The molecule has 0 bridgehead atoms. The summed E-state index contributed by atoms with van der Waals surface area (Å²) in [5.41, 5.74) is 2.26. The van der Waals surface area contributed by atoms with E-state index in [0.29, 0.717) is 5.92 Å². The first kappa shape index (κ1) is 18.2. The molecule has 118 valence electrons. The summed E-state index contributed by atoms with van der Waals surface area (Å²) in [6.07, 6.45) is 7.81. The molecule has 1 aromatic carbocycles. The number of benzene rings is 1. The van der Waals surface area contributed by atoms with Crippen LogP contribution < -0.4 is 0 Å². The molecule has 1 N–H and O–H groups in total. The third-order valence-electron chi connectivity index (χ3n) is 3.50. The van der Waals surface area contributed by atoms with Crippen molar-refractivity contribution < 1.29 is 0 Å². The lowest BCUT2D eigenvalue weighted by atomic mass is 10.1. The second-order valence-corrected chi connectivity index (χ2v) is 5.13. The second-order valence-electron chi connectivity index (χ2n) is 5.13. The molecular weight excluding hydrogens is 321 g/mol. The lowest BCUT2D eigenvalue weighted by molar-refractivity contribution is 0.511. The summed E-state index contributed by atoms with van der Waals surface area (Å²) in [6, 6.07) is 8.46. The van der Waals surface area contributed by atoms with Crippen LogP contribution in [0.25, 0.3) is 16.6 Å². The van der Waals surface area contributed by atoms with Gasteiger partial charge in [-0.3, -0.25) is 4.57 Å². The maximum absolute atomic E-state index is 7.20. The van der Waals surface area contributed by atoms with Crippen molar-refractivity contribution in [2.75, 3.05) is 0 Å². The number of fused-ring (bicyclic) bond motifs is 1. The van der Waals surface area contributed by atoms with Crippen molar-refractivity contribution in [3.05, 3.63) is 43.1 Å². The van der Waals surface area contributed by atoms with Gasteiger partial charge in [-0.2, -0.15) is 0 Å². The highest BCUT2D eigenvalue weighted by Crippen LogP contribution is 2.21. The number of halogens is 2. The van der Waals surface area contributed by atoms with E-state index in [1.54, 1.807) is 12.7 Å². The largest absolute Gasteiger partial charge is 0.347 e. The molecule has 1 atom stereocenters. The van der Waals surface area contributed by atoms with Crippen molar-refractivity contribution in [3.63, 3.8) is 0 Å². The van der Waals surface area contributed by atoms with Crippen LogP contribution in [0, 0.1) is 11.3 Å². The lowest BCUT2D eigenvalue weighted by Gasteiger charge is -2.11. The van der Waals surface area contributed by atoms with Crippen molar-refractivity contribution in [1.82, 2.24) is 19.3 Å². The zero-order valence-corrected chi connectivity index (χ0v) is 13.8. The standard InChI is InChI=1S/C15H17N5.2ClH/c1-12(4-6-16)9-19-7-5-13-2-3-14(8-15(13)19)20-10-17-18-11-20;;/h2-3,5-8,10-12,16H,4,9H2,1H3;2*1H. The Balaban J connectivity index is 0.00000121. The van der Waals surface area contributed by atoms with Crippen molar-refractivity contribution in [2.24, 2.45) is 5.92 Å². The van der Waals surface area contributed by atoms with E-state index in [-0.39, 0.29) is 24.8 Å². The number of aromatic nitrogens is 4. The maximum atomic E-state index is 7.20. The van der Waals surface area contributed by atoms with Crippen molar-refractivity contribution >= 4 is 41.9 Å². The molecule has 3 rings (SSSR count). The molecule has 0 saturated carbocycles. The number of hydrogen-bond acceptors (Lipinski definition) is 3. The first-order valence-corrected chi connectivity index (χ1v) is 6.71. The molecule has 0 aliphatic rings. The first-order chi connectivity index (χ1) is 9.78. The van der Waals surface area contributed by atoms with Gasteiger partial charge in [-0.15, -0.1) is 35.0 Å². The van der Waals surface area contributed by atoms with Gasteiger partial charge in [-0.1, -0.05) is 13.0 Å². The van der Waals surface area contributed by atoms with E-state index >= 15 is 0 Å². The van der Waals surface area contributed by atoms with Crippen LogP contribution in [-0.4, -0.2) is 25.5 Å². The van der Waals surface area contributed by atoms with Gasteiger partial charge in [0.15, 0.2) is 0 Å². The van der Waals surface area contributed by atoms with Gasteiger partial charge in [0.1, 0.15) is 12.7 Å². The smallest absolute Gasteiger partial charge is 0.123 e. The Bertz CT molecular complexity index is 721. The zero-order valence-electron chi connectivity index (χ0n) is 12.2. The van der Waals surface area contributed by atoms with Crippen LogP contribution in [0.15, 0.2) is 43.1 Å². The first-order valence-electron chi connectivity index (χ1n) is 6.71. The second kappa shape index (κ2) is 7.96. The fraction of sp³-hybridized carbons (Fsp3) is 0.267. The highest BCUT2D eigenvalue weighted by molar-refractivity contribution is 5.85. The summed E-state index contributed by atoms with van der Waals surface area (Å²) in [5.74, 6) is 0.460. The van der Waals surface area contributed by atoms with Crippen LogP contribution in [0.1, 0.15) is 13.3 Å². The predicted molar refractivity (Wildman–Crippen MR) is 93.9 cm³/mol. The molecule has 2 heterocycles. The topological polar surface area (TPSA) is 59.5 Å². The third-order valence-corrected chi connectivity index (χ3v) is 3.50. The number of nitrogens with one attached hydrogen (secondary N) is 1. The molecule has 0 fully saturated rings. The summed E-state index contributed by atoms with van der Waals surface area (Å²) >= 11 is 0. The van der Waals surface area contributed by atoms with Gasteiger partial charge in [-0.05, 0) is 42.1 Å². The van der Waals surface area contributed by atoms with E-state index < -0.39 is 0 Å². The molecule has 7 heteroatoms. The summed E-state index contributed by atoms with van der Waals surface area (Å²) in [4.78, 5) is 0. The van der Waals surface area contributed by atoms with Gasteiger partial charge < -0.3 is 9.98 Å². The molecule has 0 amide bonds. The Morgan fingerprint density at radius 3 is 2.59 bits per heavy atom. The van der Waals surface area contributed by atoms with Crippen molar-refractivity contribution in [1.29, 1.82) is 5.41 Å². The van der Waals surface area contributed by atoms with E-state index in [4.69, 9.17) is 5.41 Å². The van der Waals surface area contributed by atoms with Gasteiger partial charge in [0.05, 0.1) is 11.2 Å².